The predicted molar refractivity (Wildman–Crippen MR) is 52.3 cm³/mol. The first-order valence-corrected chi connectivity index (χ1v) is 4.96. The number of thiazole rings is 1. The average Bonchev–Trinajstić information content (AvgIpc) is 2.53. The van der Waals surface area contributed by atoms with E-state index in [0.29, 0.717) is 6.04 Å². The van der Waals surface area contributed by atoms with Crippen molar-refractivity contribution in [3.63, 3.8) is 0 Å². The lowest BCUT2D eigenvalue weighted by molar-refractivity contribution is 0.525. The van der Waals surface area contributed by atoms with Gasteiger partial charge in [-0.05, 0) is 14.0 Å². The van der Waals surface area contributed by atoms with Crippen molar-refractivity contribution in [3.8, 4) is 0 Å². The van der Waals surface area contributed by atoms with Crippen LogP contribution in [0.5, 0.6) is 0 Å². The summed E-state index contributed by atoms with van der Waals surface area (Å²) in [5.74, 6) is 0. The maximum atomic E-state index is 4.01. The van der Waals surface area contributed by atoms with Crippen LogP contribution in [-0.2, 0) is 6.54 Å². The number of nitrogens with one attached hydrogen (secondary N) is 2. The topological polar surface area (TPSA) is 37.0 Å². The molecule has 0 aliphatic carbocycles. The Kier molecular flexibility index (Phi) is 4.21. The van der Waals surface area contributed by atoms with Gasteiger partial charge < -0.3 is 10.6 Å². The van der Waals surface area contributed by atoms with Gasteiger partial charge >= 0.3 is 0 Å². The molecule has 0 aromatic carbocycles. The molecular weight excluding hydrogens is 170 g/mol. The van der Waals surface area contributed by atoms with E-state index in [1.807, 2.05) is 18.8 Å². The second-order valence-electron chi connectivity index (χ2n) is 2.81. The molecule has 2 N–H and O–H groups in total. The molecule has 1 aromatic rings. The van der Waals surface area contributed by atoms with E-state index in [9.17, 15) is 0 Å². The molecule has 0 fully saturated rings. The van der Waals surface area contributed by atoms with Crippen LogP contribution in [0.25, 0.3) is 0 Å². The smallest absolute Gasteiger partial charge is 0.0794 e. The molecule has 0 radical (unpaired) electrons. The molecule has 1 unspecified atom stereocenters. The van der Waals surface area contributed by atoms with Crippen LogP contribution in [0, 0.1) is 0 Å². The summed E-state index contributed by atoms with van der Waals surface area (Å²) < 4.78 is 0. The molecule has 1 aromatic heterocycles. The van der Waals surface area contributed by atoms with Crippen molar-refractivity contribution in [1.29, 1.82) is 0 Å². The summed E-state index contributed by atoms with van der Waals surface area (Å²) in [7, 11) is 1.96. The highest BCUT2D eigenvalue weighted by Crippen LogP contribution is 2.04. The molecule has 0 aliphatic heterocycles. The third-order valence-electron chi connectivity index (χ3n) is 1.62. The van der Waals surface area contributed by atoms with Crippen molar-refractivity contribution < 1.29 is 0 Å². The Labute approximate surface area is 77.2 Å². The summed E-state index contributed by atoms with van der Waals surface area (Å²) in [6.45, 7) is 4.09. The fraction of sp³-hybridized carbons (Fsp3) is 0.625. The summed E-state index contributed by atoms with van der Waals surface area (Å²) in [6.07, 6.45) is 1.91. The lowest BCUT2D eigenvalue weighted by atomic mass is 10.3. The first-order valence-electron chi connectivity index (χ1n) is 4.08. The third kappa shape index (κ3) is 3.30. The van der Waals surface area contributed by atoms with Gasteiger partial charge in [-0.25, -0.2) is 0 Å². The van der Waals surface area contributed by atoms with Gasteiger partial charge in [0.15, 0.2) is 0 Å². The standard InChI is InChI=1S/C8H15N3S/c1-7(3-9-2)11-5-8-4-10-6-12-8/h4,6-7,9,11H,3,5H2,1-2H3. The van der Waals surface area contributed by atoms with Crippen LogP contribution in [0.3, 0.4) is 0 Å². The Morgan fingerprint density at radius 3 is 3.08 bits per heavy atom. The minimum atomic E-state index is 0.511. The summed E-state index contributed by atoms with van der Waals surface area (Å²) >= 11 is 1.69. The van der Waals surface area contributed by atoms with E-state index in [2.05, 4.69) is 22.5 Å². The largest absolute Gasteiger partial charge is 0.318 e. The van der Waals surface area contributed by atoms with Crippen molar-refractivity contribution in [2.75, 3.05) is 13.6 Å². The van der Waals surface area contributed by atoms with E-state index in [4.69, 9.17) is 0 Å². The highest BCUT2D eigenvalue weighted by atomic mass is 32.1. The van der Waals surface area contributed by atoms with E-state index in [0.717, 1.165) is 13.1 Å². The molecule has 0 aliphatic rings. The number of hydrogen-bond acceptors (Lipinski definition) is 4. The zero-order valence-electron chi connectivity index (χ0n) is 7.50. The molecule has 0 bridgehead atoms. The number of hydrogen-bond donors (Lipinski definition) is 2. The van der Waals surface area contributed by atoms with Crippen LogP contribution >= 0.6 is 11.3 Å². The minimum Gasteiger partial charge on any atom is -0.318 e. The van der Waals surface area contributed by atoms with Crippen molar-refractivity contribution in [1.82, 2.24) is 15.6 Å². The molecule has 4 heteroatoms. The Hall–Kier alpha value is -0.450. The summed E-state index contributed by atoms with van der Waals surface area (Å²) in [4.78, 5) is 5.30. The SMILES string of the molecule is CNCC(C)NCc1cncs1. The van der Waals surface area contributed by atoms with Gasteiger partial charge in [-0.15, -0.1) is 11.3 Å². The van der Waals surface area contributed by atoms with Gasteiger partial charge in [-0.2, -0.15) is 0 Å². The quantitative estimate of drug-likeness (QED) is 0.714. The molecule has 1 atom stereocenters. The molecule has 68 valence electrons. The summed E-state index contributed by atoms with van der Waals surface area (Å²) in [5, 5.41) is 6.52. The van der Waals surface area contributed by atoms with Crippen LogP contribution in [0.15, 0.2) is 11.7 Å². The van der Waals surface area contributed by atoms with Crippen molar-refractivity contribution in [2.24, 2.45) is 0 Å². The fourth-order valence-corrected chi connectivity index (χ4v) is 1.53. The Morgan fingerprint density at radius 1 is 1.67 bits per heavy atom. The van der Waals surface area contributed by atoms with Gasteiger partial charge in [-0.1, -0.05) is 0 Å². The van der Waals surface area contributed by atoms with Gasteiger partial charge in [0, 0.05) is 30.2 Å². The van der Waals surface area contributed by atoms with E-state index in [1.54, 1.807) is 11.3 Å². The van der Waals surface area contributed by atoms with Gasteiger partial charge in [0.05, 0.1) is 5.51 Å². The molecule has 12 heavy (non-hydrogen) atoms. The zero-order chi connectivity index (χ0) is 8.81. The van der Waals surface area contributed by atoms with E-state index >= 15 is 0 Å². The van der Waals surface area contributed by atoms with E-state index in [1.165, 1.54) is 4.88 Å². The van der Waals surface area contributed by atoms with Gasteiger partial charge in [0.25, 0.3) is 0 Å². The van der Waals surface area contributed by atoms with Crippen LogP contribution < -0.4 is 10.6 Å². The fourth-order valence-electron chi connectivity index (χ4n) is 0.983. The molecule has 3 nitrogen and oxygen atoms in total. The third-order valence-corrected chi connectivity index (χ3v) is 2.40. The van der Waals surface area contributed by atoms with Gasteiger partial charge in [0.1, 0.15) is 0 Å². The minimum absolute atomic E-state index is 0.511. The molecule has 0 saturated carbocycles. The lowest BCUT2D eigenvalue weighted by Gasteiger charge is -2.11. The first kappa shape index (κ1) is 9.64. The van der Waals surface area contributed by atoms with Gasteiger partial charge in [0.2, 0.25) is 0 Å². The van der Waals surface area contributed by atoms with Crippen molar-refractivity contribution in [2.45, 2.75) is 19.5 Å². The first-order chi connectivity index (χ1) is 5.83. The summed E-state index contributed by atoms with van der Waals surface area (Å²) in [5.41, 5.74) is 1.86. The van der Waals surface area contributed by atoms with Crippen LogP contribution in [-0.4, -0.2) is 24.6 Å². The monoisotopic (exact) mass is 185 g/mol. The van der Waals surface area contributed by atoms with Crippen LogP contribution in [0.2, 0.25) is 0 Å². The Bertz CT molecular complexity index is 198. The zero-order valence-corrected chi connectivity index (χ0v) is 8.32. The number of likely N-dealkylation sites (N-methyl/N-ethyl adjacent to an activating group) is 1. The number of rotatable bonds is 5. The highest BCUT2D eigenvalue weighted by molar-refractivity contribution is 7.09. The Morgan fingerprint density at radius 2 is 2.50 bits per heavy atom. The normalized spacial score (nSPS) is 13.2. The molecule has 0 saturated heterocycles. The molecular formula is C8H15N3S. The predicted octanol–water partition coefficient (Wildman–Crippen LogP) is 0.841. The van der Waals surface area contributed by atoms with E-state index < -0.39 is 0 Å². The highest BCUT2D eigenvalue weighted by Gasteiger charge is 1.99. The van der Waals surface area contributed by atoms with Crippen molar-refractivity contribution in [3.05, 3.63) is 16.6 Å². The van der Waals surface area contributed by atoms with Gasteiger partial charge in [-0.3, -0.25) is 4.98 Å². The van der Waals surface area contributed by atoms with Crippen LogP contribution in [0.1, 0.15) is 11.8 Å². The van der Waals surface area contributed by atoms with Crippen molar-refractivity contribution >= 4 is 11.3 Å². The van der Waals surface area contributed by atoms with Crippen LogP contribution in [0.4, 0.5) is 0 Å². The maximum absolute atomic E-state index is 4.01. The number of nitrogens with zero attached hydrogens (tertiary/aromatic N) is 1. The average molecular weight is 185 g/mol. The lowest BCUT2D eigenvalue weighted by Crippen LogP contribution is -2.34. The molecule has 0 spiro atoms. The second-order valence-corrected chi connectivity index (χ2v) is 3.78. The second kappa shape index (κ2) is 5.24. The molecule has 0 amide bonds. The molecule has 1 heterocycles. The maximum Gasteiger partial charge on any atom is 0.0794 e. The van der Waals surface area contributed by atoms with E-state index in [-0.39, 0.29) is 0 Å². The Balaban J connectivity index is 2.17. The molecule has 1 rings (SSSR count). The summed E-state index contributed by atoms with van der Waals surface area (Å²) in [6, 6.07) is 0.511. The number of aromatic nitrogens is 1.